The number of amides is 1. The minimum atomic E-state index is -4.44. The molecule has 0 spiro atoms. The minimum absolute atomic E-state index is 0.00601. The Morgan fingerprint density at radius 1 is 0.946 bits per heavy atom. The largest absolute Gasteiger partial charge is 0.416 e. The Morgan fingerprint density at radius 3 is 2.38 bits per heavy atom. The van der Waals surface area contributed by atoms with Crippen LogP contribution in [0.3, 0.4) is 0 Å². The van der Waals surface area contributed by atoms with Gasteiger partial charge >= 0.3 is 6.18 Å². The van der Waals surface area contributed by atoms with Crippen LogP contribution >= 0.6 is 0 Å². The van der Waals surface area contributed by atoms with Crippen LogP contribution in [0.1, 0.15) is 47.4 Å². The number of carbonyl (C=O) groups excluding carboxylic acids is 1. The molecular weight excluding hydrogens is 473 g/mol. The SMILES string of the molecule is Cn1cc(C(CC(=O)N2CCC(Cc3ccccc3)CC2)c2cccc(C(F)(F)F)c2)c2ccccc21. The molecular formula is C31H31F3N2O. The highest BCUT2D eigenvalue weighted by Gasteiger charge is 2.33. The molecule has 3 nitrogen and oxygen atoms in total. The number of hydrogen-bond donors (Lipinski definition) is 0. The maximum absolute atomic E-state index is 13.6. The quantitative estimate of drug-likeness (QED) is 0.273. The summed E-state index contributed by atoms with van der Waals surface area (Å²) < 4.78 is 42.7. The second-order valence-electron chi connectivity index (χ2n) is 10.1. The molecule has 37 heavy (non-hydrogen) atoms. The molecule has 0 bridgehead atoms. The van der Waals surface area contributed by atoms with Crippen LogP contribution in [0.2, 0.25) is 0 Å². The van der Waals surface area contributed by atoms with Crippen molar-refractivity contribution in [2.45, 2.75) is 37.8 Å². The molecule has 1 saturated heterocycles. The molecule has 4 aromatic rings. The number of halogens is 3. The number of para-hydroxylation sites is 1. The normalized spacial score (nSPS) is 15.7. The van der Waals surface area contributed by atoms with Crippen LogP contribution in [0.15, 0.2) is 85.1 Å². The zero-order chi connectivity index (χ0) is 26.0. The van der Waals surface area contributed by atoms with Gasteiger partial charge in [-0.15, -0.1) is 0 Å². The van der Waals surface area contributed by atoms with Crippen LogP contribution in [0, 0.1) is 5.92 Å². The molecule has 3 aromatic carbocycles. The van der Waals surface area contributed by atoms with E-state index in [1.807, 2.05) is 53.0 Å². The van der Waals surface area contributed by atoms with E-state index in [-0.39, 0.29) is 12.3 Å². The zero-order valence-corrected chi connectivity index (χ0v) is 20.9. The number of alkyl halides is 3. The van der Waals surface area contributed by atoms with Crippen molar-refractivity contribution in [3.05, 3.63) is 107 Å². The highest BCUT2D eigenvalue weighted by Crippen LogP contribution is 2.38. The molecule has 1 amide bonds. The van der Waals surface area contributed by atoms with Crippen molar-refractivity contribution in [2.24, 2.45) is 13.0 Å². The molecule has 1 aliphatic rings. The number of rotatable bonds is 6. The number of likely N-dealkylation sites (tertiary alicyclic amines) is 1. The van der Waals surface area contributed by atoms with Crippen molar-refractivity contribution < 1.29 is 18.0 Å². The topological polar surface area (TPSA) is 25.2 Å². The van der Waals surface area contributed by atoms with Gasteiger partial charge in [0.25, 0.3) is 0 Å². The van der Waals surface area contributed by atoms with E-state index in [0.717, 1.165) is 41.8 Å². The molecule has 0 saturated carbocycles. The summed E-state index contributed by atoms with van der Waals surface area (Å²) in [4.78, 5) is 15.4. The third kappa shape index (κ3) is 5.58. The molecule has 0 aliphatic carbocycles. The number of fused-ring (bicyclic) bond motifs is 1. The molecule has 1 atom stereocenters. The Balaban J connectivity index is 1.39. The number of aryl methyl sites for hydroxylation is 1. The number of hydrogen-bond acceptors (Lipinski definition) is 1. The van der Waals surface area contributed by atoms with E-state index in [1.165, 1.54) is 17.7 Å². The lowest BCUT2D eigenvalue weighted by Gasteiger charge is -2.33. The fourth-order valence-corrected chi connectivity index (χ4v) is 5.63. The van der Waals surface area contributed by atoms with Gasteiger partial charge in [-0.1, -0.05) is 66.7 Å². The summed E-state index contributed by atoms with van der Waals surface area (Å²) in [6, 6.07) is 23.7. The molecule has 0 N–H and O–H groups in total. The second-order valence-corrected chi connectivity index (χ2v) is 10.1. The van der Waals surface area contributed by atoms with Gasteiger partial charge in [0, 0.05) is 49.6 Å². The molecule has 1 aromatic heterocycles. The van der Waals surface area contributed by atoms with Crippen molar-refractivity contribution in [1.29, 1.82) is 0 Å². The Hall–Kier alpha value is -3.54. The summed E-state index contributed by atoms with van der Waals surface area (Å²) in [5, 5.41) is 0.960. The van der Waals surface area contributed by atoms with Crippen molar-refractivity contribution in [1.82, 2.24) is 9.47 Å². The van der Waals surface area contributed by atoms with Crippen LogP contribution in [0.4, 0.5) is 13.2 Å². The van der Waals surface area contributed by atoms with Gasteiger partial charge in [-0.05, 0) is 54.0 Å². The summed E-state index contributed by atoms with van der Waals surface area (Å²) in [6.45, 7) is 1.36. The fourth-order valence-electron chi connectivity index (χ4n) is 5.63. The van der Waals surface area contributed by atoms with Gasteiger partial charge in [-0.3, -0.25) is 4.79 Å². The monoisotopic (exact) mass is 504 g/mol. The average molecular weight is 505 g/mol. The first-order valence-corrected chi connectivity index (χ1v) is 12.8. The number of piperidine rings is 1. The molecule has 0 radical (unpaired) electrons. The van der Waals surface area contributed by atoms with Gasteiger partial charge in [0.2, 0.25) is 5.91 Å². The Morgan fingerprint density at radius 2 is 1.65 bits per heavy atom. The lowest BCUT2D eigenvalue weighted by atomic mass is 9.86. The van der Waals surface area contributed by atoms with Crippen LogP contribution in [-0.2, 0) is 24.4 Å². The Labute approximate surface area is 215 Å². The van der Waals surface area contributed by atoms with Crippen molar-refractivity contribution in [3.8, 4) is 0 Å². The molecule has 1 unspecified atom stereocenters. The van der Waals surface area contributed by atoms with Crippen LogP contribution < -0.4 is 0 Å². The maximum Gasteiger partial charge on any atom is 0.416 e. The van der Waals surface area contributed by atoms with Gasteiger partial charge < -0.3 is 9.47 Å². The summed E-state index contributed by atoms with van der Waals surface area (Å²) in [5.41, 5.74) is 3.00. The summed E-state index contributed by atoms with van der Waals surface area (Å²) >= 11 is 0. The van der Waals surface area contributed by atoms with Crippen molar-refractivity contribution in [2.75, 3.05) is 13.1 Å². The van der Waals surface area contributed by atoms with E-state index < -0.39 is 17.7 Å². The lowest BCUT2D eigenvalue weighted by Crippen LogP contribution is -2.39. The standard InChI is InChI=1S/C31H31F3N2O/c1-35-21-28(26-12-5-6-13-29(26)35)27(24-10-7-11-25(19-24)31(32,33)34)20-30(37)36-16-14-23(15-17-36)18-22-8-3-2-4-9-22/h2-13,19,21,23,27H,14-18,20H2,1H3. The van der Waals surface area contributed by atoms with Gasteiger partial charge in [-0.25, -0.2) is 0 Å². The highest BCUT2D eigenvalue weighted by molar-refractivity contribution is 5.86. The van der Waals surface area contributed by atoms with E-state index in [4.69, 9.17) is 0 Å². The van der Waals surface area contributed by atoms with Gasteiger partial charge in [-0.2, -0.15) is 13.2 Å². The molecule has 192 valence electrons. The van der Waals surface area contributed by atoms with Crippen LogP contribution in [0.5, 0.6) is 0 Å². The highest BCUT2D eigenvalue weighted by atomic mass is 19.4. The third-order valence-electron chi connectivity index (χ3n) is 7.63. The number of nitrogens with zero attached hydrogens (tertiary/aromatic N) is 2. The maximum atomic E-state index is 13.6. The molecule has 6 heteroatoms. The van der Waals surface area contributed by atoms with E-state index in [9.17, 15) is 18.0 Å². The van der Waals surface area contributed by atoms with E-state index in [1.54, 1.807) is 6.07 Å². The Bertz CT molecular complexity index is 1370. The van der Waals surface area contributed by atoms with E-state index >= 15 is 0 Å². The Kier molecular flexibility index (Phi) is 7.09. The minimum Gasteiger partial charge on any atom is -0.350 e. The van der Waals surface area contributed by atoms with Crippen LogP contribution in [-0.4, -0.2) is 28.5 Å². The molecule has 1 aliphatic heterocycles. The predicted octanol–water partition coefficient (Wildman–Crippen LogP) is 7.20. The number of aromatic nitrogens is 1. The predicted molar refractivity (Wildman–Crippen MR) is 140 cm³/mol. The van der Waals surface area contributed by atoms with Crippen molar-refractivity contribution >= 4 is 16.8 Å². The average Bonchev–Trinajstić information content (AvgIpc) is 3.24. The molecule has 2 heterocycles. The number of carbonyl (C=O) groups is 1. The van der Waals surface area contributed by atoms with Crippen LogP contribution in [0.25, 0.3) is 10.9 Å². The first-order chi connectivity index (χ1) is 17.8. The first-order valence-electron chi connectivity index (χ1n) is 12.8. The van der Waals surface area contributed by atoms with Gasteiger partial charge in [0.1, 0.15) is 0 Å². The third-order valence-corrected chi connectivity index (χ3v) is 7.63. The van der Waals surface area contributed by atoms with Gasteiger partial charge in [0.05, 0.1) is 5.56 Å². The summed E-state index contributed by atoms with van der Waals surface area (Å²) in [5.74, 6) is 0.0558. The van der Waals surface area contributed by atoms with Crippen molar-refractivity contribution in [3.63, 3.8) is 0 Å². The fraction of sp³-hybridized carbons (Fsp3) is 0.323. The van der Waals surface area contributed by atoms with E-state index in [0.29, 0.717) is 24.6 Å². The first kappa shape index (κ1) is 25.1. The smallest absolute Gasteiger partial charge is 0.350 e. The van der Waals surface area contributed by atoms with Gasteiger partial charge in [0.15, 0.2) is 0 Å². The van der Waals surface area contributed by atoms with E-state index in [2.05, 4.69) is 24.3 Å². The molecule has 5 rings (SSSR count). The zero-order valence-electron chi connectivity index (χ0n) is 20.9. The number of benzene rings is 3. The summed E-state index contributed by atoms with van der Waals surface area (Å²) in [7, 11) is 1.92. The summed E-state index contributed by atoms with van der Waals surface area (Å²) in [6.07, 6.45) is 0.523. The lowest BCUT2D eigenvalue weighted by molar-refractivity contribution is -0.137. The molecule has 1 fully saturated rings. The second kappa shape index (κ2) is 10.4.